The fraction of sp³-hybridized carbons (Fsp3) is 0. The van der Waals surface area contributed by atoms with Crippen LogP contribution in [0.5, 0.6) is 0 Å². The van der Waals surface area contributed by atoms with Crippen LogP contribution in [0.15, 0.2) is 23.8 Å². The molecule has 2 heterocycles. The molecule has 0 N–H and O–H groups in total. The Balaban J connectivity index is 2.46. The molecule has 0 aliphatic rings. The average molecular weight is 162 g/mol. The van der Waals surface area contributed by atoms with Gasteiger partial charge < -0.3 is 0 Å². The number of aromatic nitrogens is 3. The van der Waals surface area contributed by atoms with Crippen molar-refractivity contribution >= 4 is 11.3 Å². The van der Waals surface area contributed by atoms with Crippen molar-refractivity contribution in [2.45, 2.75) is 0 Å². The molecule has 0 aliphatic heterocycles. The summed E-state index contributed by atoms with van der Waals surface area (Å²) >= 11 is 1.55. The lowest BCUT2D eigenvalue weighted by molar-refractivity contribution is 1.15. The van der Waals surface area contributed by atoms with Gasteiger partial charge in [0.1, 0.15) is 10.7 Å². The first kappa shape index (κ1) is 6.42. The number of hydrogen-bond donors (Lipinski definition) is 0. The summed E-state index contributed by atoms with van der Waals surface area (Å²) in [5.41, 5.74) is 0.829. The average Bonchev–Trinajstić information content (AvgIpc) is 2.58. The summed E-state index contributed by atoms with van der Waals surface area (Å²) < 4.78 is 0. The normalized spacial score (nSPS) is 9.82. The van der Waals surface area contributed by atoms with Gasteiger partial charge in [-0.1, -0.05) is 0 Å². The zero-order valence-corrected chi connectivity index (χ0v) is 6.38. The lowest BCUT2D eigenvalue weighted by atomic mass is 10.4. The van der Waals surface area contributed by atoms with Gasteiger partial charge in [-0.2, -0.15) is 0 Å². The van der Waals surface area contributed by atoms with Crippen molar-refractivity contribution in [3.8, 4) is 10.7 Å². The molecule has 0 aromatic carbocycles. The van der Waals surface area contributed by atoms with Gasteiger partial charge in [0, 0.05) is 17.8 Å². The SMILES string of the molecule is [c]1nccc(-c2nccs2)n1. The van der Waals surface area contributed by atoms with E-state index >= 15 is 0 Å². The molecule has 0 unspecified atom stereocenters. The van der Waals surface area contributed by atoms with Crippen LogP contribution >= 0.6 is 11.3 Å². The van der Waals surface area contributed by atoms with Crippen LogP contribution in [-0.2, 0) is 0 Å². The van der Waals surface area contributed by atoms with Crippen molar-refractivity contribution in [3.63, 3.8) is 0 Å². The Morgan fingerprint density at radius 3 is 3.00 bits per heavy atom. The van der Waals surface area contributed by atoms with Crippen molar-refractivity contribution < 1.29 is 0 Å². The van der Waals surface area contributed by atoms with Crippen molar-refractivity contribution in [2.24, 2.45) is 0 Å². The molecule has 0 amide bonds. The molecule has 53 valence electrons. The molecule has 11 heavy (non-hydrogen) atoms. The van der Waals surface area contributed by atoms with Gasteiger partial charge in [-0.05, 0) is 6.07 Å². The molecular weight excluding hydrogens is 158 g/mol. The highest BCUT2D eigenvalue weighted by Gasteiger charge is 1.98. The van der Waals surface area contributed by atoms with E-state index in [-0.39, 0.29) is 0 Å². The molecular formula is C7H4N3S. The summed E-state index contributed by atoms with van der Waals surface area (Å²) in [7, 11) is 0. The molecule has 2 aromatic rings. The summed E-state index contributed by atoms with van der Waals surface area (Å²) in [6.45, 7) is 0. The lowest BCUT2D eigenvalue weighted by Crippen LogP contribution is -1.81. The number of nitrogens with zero attached hydrogens (tertiary/aromatic N) is 3. The molecule has 0 fully saturated rings. The Morgan fingerprint density at radius 2 is 2.36 bits per heavy atom. The second-order valence-electron chi connectivity index (χ2n) is 1.88. The van der Waals surface area contributed by atoms with E-state index in [0.717, 1.165) is 10.7 Å². The van der Waals surface area contributed by atoms with E-state index in [9.17, 15) is 0 Å². The molecule has 0 saturated heterocycles. The summed E-state index contributed by atoms with van der Waals surface area (Å²) in [6, 6.07) is 1.81. The molecule has 2 aromatic heterocycles. The highest BCUT2D eigenvalue weighted by Crippen LogP contribution is 2.17. The number of thiazole rings is 1. The highest BCUT2D eigenvalue weighted by molar-refractivity contribution is 7.13. The van der Waals surface area contributed by atoms with E-state index in [0.29, 0.717) is 0 Å². The predicted molar refractivity (Wildman–Crippen MR) is 42.0 cm³/mol. The molecule has 0 aliphatic carbocycles. The summed E-state index contributed by atoms with van der Waals surface area (Å²) in [5, 5.41) is 2.82. The van der Waals surface area contributed by atoms with Gasteiger partial charge in [-0.3, -0.25) is 0 Å². The van der Waals surface area contributed by atoms with Crippen molar-refractivity contribution in [1.82, 2.24) is 15.0 Å². The Labute approximate surface area is 67.8 Å². The molecule has 1 radical (unpaired) electrons. The van der Waals surface area contributed by atoms with Gasteiger partial charge in [0.15, 0.2) is 6.33 Å². The van der Waals surface area contributed by atoms with Gasteiger partial charge in [0.25, 0.3) is 0 Å². The van der Waals surface area contributed by atoms with E-state index in [2.05, 4.69) is 21.3 Å². The standard InChI is InChI=1S/C7H4N3S/c1-2-8-5-10-6(1)7-9-3-4-11-7/h1-4H. The van der Waals surface area contributed by atoms with Crippen LogP contribution < -0.4 is 0 Å². The van der Waals surface area contributed by atoms with Gasteiger partial charge in [-0.25, -0.2) is 15.0 Å². The maximum Gasteiger partial charge on any atom is 0.198 e. The fourth-order valence-corrected chi connectivity index (χ4v) is 1.34. The fourth-order valence-electron chi connectivity index (χ4n) is 0.730. The van der Waals surface area contributed by atoms with Crippen LogP contribution in [0.2, 0.25) is 0 Å². The smallest absolute Gasteiger partial charge is 0.198 e. The zero-order chi connectivity index (χ0) is 7.52. The molecule has 2 rings (SSSR count). The third kappa shape index (κ3) is 1.25. The van der Waals surface area contributed by atoms with Crippen LogP contribution in [0.1, 0.15) is 0 Å². The van der Waals surface area contributed by atoms with Crippen LogP contribution in [0, 0.1) is 6.33 Å². The lowest BCUT2D eigenvalue weighted by Gasteiger charge is -1.89. The third-order valence-electron chi connectivity index (χ3n) is 1.19. The Morgan fingerprint density at radius 1 is 1.36 bits per heavy atom. The molecule has 0 spiro atoms. The van der Waals surface area contributed by atoms with Gasteiger partial charge in [0.05, 0.1) is 0 Å². The van der Waals surface area contributed by atoms with Gasteiger partial charge in [0.2, 0.25) is 0 Å². The molecule has 0 atom stereocenters. The molecule has 0 bridgehead atoms. The van der Waals surface area contributed by atoms with Crippen LogP contribution in [0.25, 0.3) is 10.7 Å². The van der Waals surface area contributed by atoms with Crippen LogP contribution in [-0.4, -0.2) is 15.0 Å². The molecule has 4 heteroatoms. The van der Waals surface area contributed by atoms with E-state index < -0.39 is 0 Å². The summed E-state index contributed by atoms with van der Waals surface area (Å²) in [4.78, 5) is 11.7. The second-order valence-corrected chi connectivity index (χ2v) is 2.77. The van der Waals surface area contributed by atoms with Gasteiger partial charge >= 0.3 is 0 Å². The first-order chi connectivity index (χ1) is 5.47. The molecule has 3 nitrogen and oxygen atoms in total. The topological polar surface area (TPSA) is 38.7 Å². The zero-order valence-electron chi connectivity index (χ0n) is 5.56. The van der Waals surface area contributed by atoms with Crippen molar-refractivity contribution in [2.75, 3.05) is 0 Å². The second kappa shape index (κ2) is 2.75. The highest BCUT2D eigenvalue weighted by atomic mass is 32.1. The minimum Gasteiger partial charge on any atom is -0.243 e. The maximum absolute atomic E-state index is 4.09. The first-order valence-electron chi connectivity index (χ1n) is 3.06. The Hall–Kier alpha value is -1.29. The molecule has 0 saturated carbocycles. The van der Waals surface area contributed by atoms with Crippen molar-refractivity contribution in [1.29, 1.82) is 0 Å². The Kier molecular flexibility index (Phi) is 1.61. The Bertz CT molecular complexity index is 317. The van der Waals surface area contributed by atoms with Crippen LogP contribution in [0.4, 0.5) is 0 Å². The first-order valence-corrected chi connectivity index (χ1v) is 3.94. The van der Waals surface area contributed by atoms with E-state index in [1.54, 1.807) is 23.7 Å². The minimum atomic E-state index is 0.829. The van der Waals surface area contributed by atoms with E-state index in [1.165, 1.54) is 0 Å². The van der Waals surface area contributed by atoms with Crippen molar-refractivity contribution in [3.05, 3.63) is 30.2 Å². The largest absolute Gasteiger partial charge is 0.243 e. The quantitative estimate of drug-likeness (QED) is 0.636. The maximum atomic E-state index is 4.09. The monoisotopic (exact) mass is 162 g/mol. The third-order valence-corrected chi connectivity index (χ3v) is 1.98. The van der Waals surface area contributed by atoms with Crippen LogP contribution in [0.3, 0.4) is 0 Å². The van der Waals surface area contributed by atoms with Gasteiger partial charge in [-0.15, -0.1) is 11.3 Å². The summed E-state index contributed by atoms with van der Waals surface area (Å²) in [6.07, 6.45) is 5.92. The minimum absolute atomic E-state index is 0.829. The number of hydrogen-bond acceptors (Lipinski definition) is 4. The van der Waals surface area contributed by atoms with E-state index in [1.807, 2.05) is 11.4 Å². The summed E-state index contributed by atoms with van der Waals surface area (Å²) in [5.74, 6) is 0. The number of rotatable bonds is 1. The van der Waals surface area contributed by atoms with E-state index in [4.69, 9.17) is 0 Å². The predicted octanol–water partition coefficient (Wildman–Crippen LogP) is 1.40.